The number of alkyl carbamates (subject to hydrolysis) is 1. The van der Waals surface area contributed by atoms with Gasteiger partial charge in [0.2, 0.25) is 0 Å². The van der Waals surface area contributed by atoms with Gasteiger partial charge in [-0.05, 0) is 12.5 Å². The highest BCUT2D eigenvalue weighted by Crippen LogP contribution is 2.21. The molecule has 8 heteroatoms. The summed E-state index contributed by atoms with van der Waals surface area (Å²) in [6, 6.07) is 9.51. The second-order valence-corrected chi connectivity index (χ2v) is 5.09. The van der Waals surface area contributed by atoms with E-state index in [1.54, 1.807) is 0 Å². The average Bonchev–Trinajstić information content (AvgIpc) is 3.00. The Balaban J connectivity index is 1.43. The highest BCUT2D eigenvalue weighted by atomic mass is 16.5. The quantitative estimate of drug-likeness (QED) is 0.669. The number of benzene rings is 1. The van der Waals surface area contributed by atoms with Gasteiger partial charge in [-0.25, -0.2) is 9.78 Å². The molecule has 0 fully saturated rings. The number of hydrogen-bond donors (Lipinski definition) is 2. The molecular weight excluding hydrogens is 310 g/mol. The molecule has 0 saturated heterocycles. The lowest BCUT2D eigenvalue weighted by molar-refractivity contribution is 0.140. The standard InChI is InChI=1S/C16H17N5O3/c1-11-13-14(19-10-20-15(13)24-21-11)17-7-8-18-16(22)23-9-12-5-3-2-4-6-12/h2-6,10H,7-9H2,1H3,(H,18,22)(H,17,19,20). The van der Waals surface area contributed by atoms with Crippen LogP contribution in [-0.4, -0.2) is 34.3 Å². The van der Waals surface area contributed by atoms with Crippen molar-refractivity contribution in [2.75, 3.05) is 18.4 Å². The smallest absolute Gasteiger partial charge is 0.407 e. The maximum Gasteiger partial charge on any atom is 0.407 e. The number of nitrogens with one attached hydrogen (secondary N) is 2. The van der Waals surface area contributed by atoms with Crippen LogP contribution in [0.4, 0.5) is 10.6 Å². The molecule has 0 atom stereocenters. The Morgan fingerprint density at radius 1 is 1.21 bits per heavy atom. The number of aryl methyl sites for hydroxylation is 1. The Hall–Kier alpha value is -3.16. The highest BCUT2D eigenvalue weighted by molar-refractivity contribution is 5.87. The summed E-state index contributed by atoms with van der Waals surface area (Å²) in [5.41, 5.74) is 2.08. The van der Waals surface area contributed by atoms with Crippen molar-refractivity contribution in [3.05, 3.63) is 47.9 Å². The molecule has 2 N–H and O–H groups in total. The largest absolute Gasteiger partial charge is 0.445 e. The number of aromatic nitrogens is 3. The van der Waals surface area contributed by atoms with Gasteiger partial charge >= 0.3 is 6.09 Å². The first-order chi connectivity index (χ1) is 11.7. The number of carbonyl (C=O) groups excluding carboxylic acids is 1. The molecule has 0 unspecified atom stereocenters. The number of anilines is 1. The van der Waals surface area contributed by atoms with Crippen LogP contribution in [-0.2, 0) is 11.3 Å². The first-order valence-electron chi connectivity index (χ1n) is 7.49. The van der Waals surface area contributed by atoms with Crippen LogP contribution in [0, 0.1) is 6.92 Å². The predicted molar refractivity (Wildman–Crippen MR) is 87.5 cm³/mol. The highest BCUT2D eigenvalue weighted by Gasteiger charge is 2.11. The van der Waals surface area contributed by atoms with Gasteiger partial charge in [0.25, 0.3) is 5.71 Å². The topological polar surface area (TPSA) is 102 Å². The molecule has 0 spiro atoms. The van der Waals surface area contributed by atoms with Gasteiger partial charge in [-0.15, -0.1) is 0 Å². The van der Waals surface area contributed by atoms with E-state index in [9.17, 15) is 4.79 Å². The van der Waals surface area contributed by atoms with E-state index in [0.717, 1.165) is 10.9 Å². The van der Waals surface area contributed by atoms with Crippen molar-refractivity contribution in [2.45, 2.75) is 13.5 Å². The molecule has 1 amide bonds. The summed E-state index contributed by atoms with van der Waals surface area (Å²) in [5, 5.41) is 10.4. The molecule has 0 saturated carbocycles. The fourth-order valence-corrected chi connectivity index (χ4v) is 2.18. The summed E-state index contributed by atoms with van der Waals surface area (Å²) in [6.07, 6.45) is 0.936. The Morgan fingerprint density at radius 2 is 2.04 bits per heavy atom. The van der Waals surface area contributed by atoms with Crippen LogP contribution < -0.4 is 10.6 Å². The number of amides is 1. The Kier molecular flexibility index (Phi) is 4.85. The molecule has 2 heterocycles. The van der Waals surface area contributed by atoms with Crippen LogP contribution in [0.3, 0.4) is 0 Å². The van der Waals surface area contributed by atoms with Crippen molar-refractivity contribution in [1.29, 1.82) is 0 Å². The molecule has 24 heavy (non-hydrogen) atoms. The summed E-state index contributed by atoms with van der Waals surface area (Å²) < 4.78 is 10.2. The van der Waals surface area contributed by atoms with E-state index >= 15 is 0 Å². The molecule has 0 bridgehead atoms. The van der Waals surface area contributed by atoms with Crippen LogP contribution >= 0.6 is 0 Å². The number of carbonyl (C=O) groups is 1. The Labute approximate surface area is 138 Å². The first kappa shape index (κ1) is 15.7. The number of fused-ring (bicyclic) bond motifs is 1. The van der Waals surface area contributed by atoms with Gasteiger partial charge in [0.15, 0.2) is 0 Å². The zero-order valence-corrected chi connectivity index (χ0v) is 13.2. The summed E-state index contributed by atoms with van der Waals surface area (Å²) in [6.45, 7) is 2.94. The fraction of sp³-hybridized carbons (Fsp3) is 0.250. The summed E-state index contributed by atoms with van der Waals surface area (Å²) in [5.74, 6) is 0.623. The molecule has 0 aliphatic heterocycles. The summed E-state index contributed by atoms with van der Waals surface area (Å²) >= 11 is 0. The second-order valence-electron chi connectivity index (χ2n) is 5.09. The minimum Gasteiger partial charge on any atom is -0.445 e. The van der Waals surface area contributed by atoms with Crippen molar-refractivity contribution < 1.29 is 14.1 Å². The first-order valence-corrected chi connectivity index (χ1v) is 7.49. The summed E-state index contributed by atoms with van der Waals surface area (Å²) in [4.78, 5) is 19.8. The molecule has 0 radical (unpaired) electrons. The zero-order valence-electron chi connectivity index (χ0n) is 13.2. The van der Waals surface area contributed by atoms with E-state index in [-0.39, 0.29) is 6.61 Å². The van der Waals surface area contributed by atoms with E-state index in [4.69, 9.17) is 9.26 Å². The van der Waals surface area contributed by atoms with Crippen LogP contribution in [0.1, 0.15) is 11.3 Å². The molecule has 0 aliphatic carbocycles. The lowest BCUT2D eigenvalue weighted by Gasteiger charge is -2.08. The number of rotatable bonds is 6. The zero-order chi connectivity index (χ0) is 16.8. The molecule has 3 rings (SSSR count). The van der Waals surface area contributed by atoms with Gasteiger partial charge in [0.1, 0.15) is 24.1 Å². The van der Waals surface area contributed by atoms with E-state index in [1.807, 2.05) is 37.3 Å². The number of hydrogen-bond acceptors (Lipinski definition) is 7. The minimum atomic E-state index is -0.463. The van der Waals surface area contributed by atoms with Gasteiger partial charge in [0, 0.05) is 13.1 Å². The van der Waals surface area contributed by atoms with Gasteiger partial charge in [-0.1, -0.05) is 35.5 Å². The van der Waals surface area contributed by atoms with Crippen molar-refractivity contribution >= 4 is 23.0 Å². The fourth-order valence-electron chi connectivity index (χ4n) is 2.18. The maximum atomic E-state index is 11.6. The Morgan fingerprint density at radius 3 is 2.88 bits per heavy atom. The molecule has 2 aromatic heterocycles. The monoisotopic (exact) mass is 327 g/mol. The second kappa shape index (κ2) is 7.40. The third kappa shape index (κ3) is 3.78. The Bertz CT molecular complexity index is 819. The molecule has 124 valence electrons. The number of ether oxygens (including phenoxy) is 1. The molecular formula is C16H17N5O3. The van der Waals surface area contributed by atoms with Crippen molar-refractivity contribution in [2.24, 2.45) is 0 Å². The van der Waals surface area contributed by atoms with Gasteiger partial charge < -0.3 is 19.9 Å². The van der Waals surface area contributed by atoms with Crippen LogP contribution in [0.2, 0.25) is 0 Å². The van der Waals surface area contributed by atoms with Crippen LogP contribution in [0.25, 0.3) is 11.1 Å². The van der Waals surface area contributed by atoms with E-state index in [1.165, 1.54) is 6.33 Å². The predicted octanol–water partition coefficient (Wildman–Crippen LogP) is 2.26. The molecule has 3 aromatic rings. The van der Waals surface area contributed by atoms with Gasteiger partial charge in [0.05, 0.1) is 5.69 Å². The van der Waals surface area contributed by atoms with E-state index in [2.05, 4.69) is 25.8 Å². The lowest BCUT2D eigenvalue weighted by atomic mass is 10.2. The molecule has 0 aliphatic rings. The lowest BCUT2D eigenvalue weighted by Crippen LogP contribution is -2.29. The normalized spacial score (nSPS) is 10.5. The van der Waals surface area contributed by atoms with Gasteiger partial charge in [-0.3, -0.25) is 0 Å². The number of nitrogens with zero attached hydrogens (tertiary/aromatic N) is 3. The van der Waals surface area contributed by atoms with E-state index in [0.29, 0.717) is 30.3 Å². The third-order valence-corrected chi connectivity index (χ3v) is 3.34. The van der Waals surface area contributed by atoms with Crippen LogP contribution in [0.5, 0.6) is 0 Å². The third-order valence-electron chi connectivity index (χ3n) is 3.34. The van der Waals surface area contributed by atoms with Crippen molar-refractivity contribution in [3.63, 3.8) is 0 Å². The van der Waals surface area contributed by atoms with E-state index < -0.39 is 6.09 Å². The van der Waals surface area contributed by atoms with Crippen LogP contribution in [0.15, 0.2) is 41.2 Å². The van der Waals surface area contributed by atoms with Crippen molar-refractivity contribution in [1.82, 2.24) is 20.4 Å². The minimum absolute atomic E-state index is 0.243. The molecule has 8 nitrogen and oxygen atoms in total. The average molecular weight is 327 g/mol. The maximum absolute atomic E-state index is 11.6. The summed E-state index contributed by atoms with van der Waals surface area (Å²) in [7, 11) is 0. The van der Waals surface area contributed by atoms with Crippen molar-refractivity contribution in [3.8, 4) is 0 Å². The SMILES string of the molecule is Cc1noc2ncnc(NCCNC(=O)OCc3ccccc3)c12. The molecule has 1 aromatic carbocycles. The van der Waals surface area contributed by atoms with Gasteiger partial charge in [-0.2, -0.15) is 4.98 Å².